The van der Waals surface area contributed by atoms with Crippen LogP contribution >= 0.6 is 11.8 Å². The highest BCUT2D eigenvalue weighted by Gasteiger charge is 2.51. The van der Waals surface area contributed by atoms with Gasteiger partial charge in [-0.25, -0.2) is 8.42 Å². The molecule has 1 N–H and O–H groups in total. The Labute approximate surface area is 245 Å². The molecule has 224 valence electrons. The zero-order chi connectivity index (χ0) is 30.0. The lowest BCUT2D eigenvalue weighted by atomic mass is 10.0. The molecule has 2 amide bonds. The van der Waals surface area contributed by atoms with Crippen molar-refractivity contribution < 1.29 is 32.3 Å². The van der Waals surface area contributed by atoms with E-state index in [0.717, 1.165) is 42.5 Å². The fourth-order valence-corrected chi connectivity index (χ4v) is 7.49. The van der Waals surface area contributed by atoms with Gasteiger partial charge in [-0.05, 0) is 50.7 Å². The number of pyridine rings is 1. The van der Waals surface area contributed by atoms with Gasteiger partial charge in [-0.2, -0.15) is 4.31 Å². The molecule has 0 radical (unpaired) electrons. The molecule has 0 aliphatic carbocycles. The first-order valence-electron chi connectivity index (χ1n) is 13.0. The predicted octanol–water partition coefficient (Wildman–Crippen LogP) is 1.18. The number of hydrogen-bond acceptors (Lipinski definition) is 10. The van der Waals surface area contributed by atoms with Crippen LogP contribution < -0.4 is 10.1 Å². The van der Waals surface area contributed by atoms with Crippen molar-refractivity contribution in [2.45, 2.75) is 42.2 Å². The molecule has 2 fully saturated rings. The fourth-order valence-electron chi connectivity index (χ4n) is 4.36. The Morgan fingerprint density at radius 3 is 2.41 bits per heavy atom. The Morgan fingerprint density at radius 1 is 1.17 bits per heavy atom. The number of sulfonamides is 1. The number of carbonyl (C=O) groups excluding carboxylic acids is 3. The molecule has 2 saturated heterocycles. The van der Waals surface area contributed by atoms with Crippen molar-refractivity contribution in [3.8, 4) is 5.75 Å². The summed E-state index contributed by atoms with van der Waals surface area (Å²) in [5.74, 6) is 0.236. The van der Waals surface area contributed by atoms with Crippen molar-refractivity contribution in [2.75, 3.05) is 46.2 Å². The van der Waals surface area contributed by atoms with E-state index in [1.54, 1.807) is 50.1 Å². The quantitative estimate of drug-likeness (QED) is 0.310. The summed E-state index contributed by atoms with van der Waals surface area (Å²) in [6, 6.07) is 9.06. The van der Waals surface area contributed by atoms with Gasteiger partial charge in [0.2, 0.25) is 22.3 Å². The summed E-state index contributed by atoms with van der Waals surface area (Å²) in [6.45, 7) is 7.67. The number of nitrogens with zero attached hydrogens (tertiary/aromatic N) is 4. The highest BCUT2D eigenvalue weighted by atomic mass is 32.2. The maximum absolute atomic E-state index is 13.3. The van der Waals surface area contributed by atoms with Crippen molar-refractivity contribution in [1.82, 2.24) is 24.4 Å². The molecule has 2 atom stereocenters. The summed E-state index contributed by atoms with van der Waals surface area (Å²) in [7, 11) is -0.326. The SMILES string of the molecule is CN1CCN(C=O)CC1.COc1ccc(CC(NC(=O)[C@H]2N(S(=O)(=O)c3cccnc3)CSC2(C)C)OC=O)cc1. The monoisotopic (exact) mass is 607 g/mol. The molecule has 0 spiro atoms. The number of benzene rings is 1. The van der Waals surface area contributed by atoms with Crippen LogP contribution in [0.5, 0.6) is 5.75 Å². The van der Waals surface area contributed by atoms with Gasteiger partial charge in [0.15, 0.2) is 6.23 Å². The molecule has 0 bridgehead atoms. The second-order valence-corrected chi connectivity index (χ2v) is 13.6. The van der Waals surface area contributed by atoms with Gasteiger partial charge >= 0.3 is 0 Å². The number of ether oxygens (including phenoxy) is 2. The van der Waals surface area contributed by atoms with E-state index in [1.807, 2.05) is 0 Å². The molecule has 14 heteroatoms. The highest BCUT2D eigenvalue weighted by molar-refractivity contribution is 8.02. The van der Waals surface area contributed by atoms with Crippen molar-refractivity contribution >= 4 is 40.6 Å². The standard InChI is InChI=1S/C21H25N3O6S2.C6H12N2O/c1-21(2)19(24(13-31-21)32(27,28)17-5-4-10-22-12-17)20(26)23-18(30-14-25)11-15-6-8-16(29-3)9-7-15;1-7-2-4-8(6-9)5-3-7/h4-10,12,14,18-19H,11,13H2,1-3H3,(H,23,26);6H,2-5H2,1H3/t18?,19-;/m1./s1. The normalized spacial score (nSPS) is 19.8. The van der Waals surface area contributed by atoms with Crippen LogP contribution in [-0.2, 0) is 35.6 Å². The maximum atomic E-state index is 13.3. The number of rotatable bonds is 10. The third-order valence-corrected chi connectivity index (χ3v) is 10.1. The van der Waals surface area contributed by atoms with Crippen LogP contribution in [0, 0.1) is 0 Å². The molecule has 41 heavy (non-hydrogen) atoms. The third-order valence-electron chi connectivity index (χ3n) is 6.79. The molecule has 3 heterocycles. The van der Waals surface area contributed by atoms with E-state index in [1.165, 1.54) is 36.3 Å². The van der Waals surface area contributed by atoms with Gasteiger partial charge in [0, 0.05) is 49.7 Å². The second kappa shape index (κ2) is 14.6. The Bertz CT molecular complexity index is 1250. The summed E-state index contributed by atoms with van der Waals surface area (Å²) < 4.78 is 37.1. The minimum Gasteiger partial charge on any atom is -0.497 e. The molecular formula is C27H37N5O7S2. The summed E-state index contributed by atoms with van der Waals surface area (Å²) in [4.78, 5) is 42.4. The predicted molar refractivity (Wildman–Crippen MR) is 154 cm³/mol. The van der Waals surface area contributed by atoms with Gasteiger partial charge in [-0.15, -0.1) is 11.8 Å². The number of aromatic nitrogens is 1. The Hall–Kier alpha value is -3.20. The highest BCUT2D eigenvalue weighted by Crippen LogP contribution is 2.42. The minimum absolute atomic E-state index is 0.00928. The molecule has 0 saturated carbocycles. The van der Waals surface area contributed by atoms with E-state index in [0.29, 0.717) is 5.75 Å². The average Bonchev–Trinajstić information content (AvgIpc) is 3.30. The number of thioether (sulfide) groups is 1. The van der Waals surface area contributed by atoms with Gasteiger partial charge in [-0.1, -0.05) is 12.1 Å². The molecule has 1 aromatic carbocycles. The first-order valence-corrected chi connectivity index (χ1v) is 15.4. The number of amides is 2. The molecule has 4 rings (SSSR count). The largest absolute Gasteiger partial charge is 0.497 e. The van der Waals surface area contributed by atoms with Crippen LogP contribution in [-0.4, -0.2) is 110 Å². The van der Waals surface area contributed by atoms with Crippen molar-refractivity contribution in [1.29, 1.82) is 0 Å². The lowest BCUT2D eigenvalue weighted by Gasteiger charge is -2.31. The number of nitrogens with one attached hydrogen (secondary N) is 1. The molecule has 2 aliphatic heterocycles. The van der Waals surface area contributed by atoms with E-state index in [-0.39, 0.29) is 23.7 Å². The third kappa shape index (κ3) is 8.64. The summed E-state index contributed by atoms with van der Waals surface area (Å²) in [5, 5.41) is 2.69. The molecular weight excluding hydrogens is 570 g/mol. The summed E-state index contributed by atoms with van der Waals surface area (Å²) >= 11 is 1.36. The van der Waals surface area contributed by atoms with E-state index in [9.17, 15) is 22.8 Å². The zero-order valence-electron chi connectivity index (χ0n) is 23.6. The van der Waals surface area contributed by atoms with Gasteiger partial charge in [0.05, 0.1) is 13.0 Å². The number of carbonyl (C=O) groups is 3. The van der Waals surface area contributed by atoms with E-state index in [2.05, 4.69) is 22.2 Å². The lowest BCUT2D eigenvalue weighted by Crippen LogP contribution is -2.55. The number of piperazine rings is 1. The number of methoxy groups -OCH3 is 1. The first kappa shape index (κ1) is 32.3. The van der Waals surface area contributed by atoms with Crippen molar-refractivity contribution in [3.05, 3.63) is 54.4 Å². The number of likely N-dealkylation sites (N-methyl/N-ethyl adjacent to an activating group) is 1. The molecule has 1 unspecified atom stereocenters. The van der Waals surface area contributed by atoms with Gasteiger partial charge in [0.25, 0.3) is 6.47 Å². The van der Waals surface area contributed by atoms with Crippen molar-refractivity contribution in [2.24, 2.45) is 0 Å². The van der Waals surface area contributed by atoms with Gasteiger partial charge in [0.1, 0.15) is 16.7 Å². The fraction of sp³-hybridized carbons (Fsp3) is 0.481. The van der Waals surface area contributed by atoms with E-state index >= 15 is 0 Å². The Kier molecular flexibility index (Phi) is 11.5. The minimum atomic E-state index is -3.95. The number of hydrogen-bond donors (Lipinski definition) is 1. The average molecular weight is 608 g/mol. The van der Waals surface area contributed by atoms with E-state index in [4.69, 9.17) is 9.47 Å². The summed E-state index contributed by atoms with van der Waals surface area (Å²) in [6.07, 6.45) is 2.91. The van der Waals surface area contributed by atoms with Crippen LogP contribution in [0.3, 0.4) is 0 Å². The second-order valence-electron chi connectivity index (χ2n) is 10.1. The van der Waals surface area contributed by atoms with Crippen LogP contribution in [0.25, 0.3) is 0 Å². The molecule has 1 aromatic heterocycles. The lowest BCUT2D eigenvalue weighted by molar-refractivity contribution is -0.139. The molecule has 2 aliphatic rings. The van der Waals surface area contributed by atoms with E-state index < -0.39 is 32.9 Å². The Balaban J connectivity index is 0.000000436. The van der Waals surface area contributed by atoms with Crippen LogP contribution in [0.1, 0.15) is 19.4 Å². The zero-order valence-corrected chi connectivity index (χ0v) is 25.3. The van der Waals surface area contributed by atoms with Gasteiger partial charge in [-0.3, -0.25) is 19.4 Å². The van der Waals surface area contributed by atoms with Crippen molar-refractivity contribution in [3.63, 3.8) is 0 Å². The van der Waals surface area contributed by atoms with Crippen LogP contribution in [0.2, 0.25) is 0 Å². The van der Waals surface area contributed by atoms with Crippen LogP contribution in [0.15, 0.2) is 53.7 Å². The summed E-state index contributed by atoms with van der Waals surface area (Å²) in [5.41, 5.74) is 0.804. The molecule has 12 nitrogen and oxygen atoms in total. The van der Waals surface area contributed by atoms with Gasteiger partial charge < -0.3 is 24.6 Å². The molecule has 2 aromatic rings. The first-order chi connectivity index (χ1) is 19.5. The topological polar surface area (TPSA) is 138 Å². The smallest absolute Gasteiger partial charge is 0.295 e. The maximum Gasteiger partial charge on any atom is 0.295 e. The van der Waals surface area contributed by atoms with Crippen LogP contribution in [0.4, 0.5) is 0 Å². The Morgan fingerprint density at radius 2 is 1.85 bits per heavy atom.